The molecular formula is C77H98F4N8+6. The molecule has 9 aromatic rings. The number of pyridine rings is 8. The zero-order valence-electron chi connectivity index (χ0n) is 57.9. The summed E-state index contributed by atoms with van der Waals surface area (Å²) in [4.78, 5) is 7.34. The zero-order chi connectivity index (χ0) is 66.3. The zero-order valence-corrected chi connectivity index (χ0v) is 57.9. The number of aryl methyl sites for hydroxylation is 6. The third kappa shape index (κ3) is 15.1. The molecule has 8 heterocycles. The molecule has 0 saturated carbocycles. The molecule has 0 bridgehead atoms. The largest absolute Gasteiger partial charge is 0.229 e. The smallest absolute Gasteiger partial charge is 0.201 e. The lowest BCUT2D eigenvalue weighted by molar-refractivity contribution is -0.661. The maximum atomic E-state index is 15.1. The van der Waals surface area contributed by atoms with E-state index in [9.17, 15) is 8.78 Å². The van der Waals surface area contributed by atoms with Crippen LogP contribution in [0.2, 0.25) is 0 Å². The van der Waals surface area contributed by atoms with Gasteiger partial charge >= 0.3 is 0 Å². The maximum Gasteiger partial charge on any atom is 0.229 e. The van der Waals surface area contributed by atoms with E-state index in [0.717, 1.165) is 22.3 Å². The Bertz CT molecular complexity index is 3860. The van der Waals surface area contributed by atoms with Gasteiger partial charge in [0, 0.05) is 82.9 Å². The Kier molecular flexibility index (Phi) is 20.3. The topological polar surface area (TPSA) is 49.1 Å². The fraction of sp³-hybridized carbons (Fsp3) is 0.403. The van der Waals surface area contributed by atoms with Crippen molar-refractivity contribution in [2.24, 2.45) is 42.3 Å². The predicted molar refractivity (Wildman–Crippen MR) is 352 cm³/mol. The minimum atomic E-state index is -0.799. The van der Waals surface area contributed by atoms with Crippen LogP contribution in [0.25, 0.3) is 67.5 Å². The van der Waals surface area contributed by atoms with E-state index in [-0.39, 0.29) is 21.7 Å². The second-order valence-electron chi connectivity index (χ2n) is 29.0. The van der Waals surface area contributed by atoms with Crippen molar-refractivity contribution < 1.29 is 45.0 Å². The van der Waals surface area contributed by atoms with Gasteiger partial charge in [0.25, 0.3) is 0 Å². The summed E-state index contributed by atoms with van der Waals surface area (Å²) in [5, 5.41) is 0. The first kappa shape index (κ1) is 68.6. The van der Waals surface area contributed by atoms with Crippen molar-refractivity contribution in [3.05, 3.63) is 202 Å². The Labute approximate surface area is 529 Å². The third-order valence-electron chi connectivity index (χ3n) is 17.3. The Balaban J connectivity index is 0.000000191. The van der Waals surface area contributed by atoms with E-state index in [4.69, 9.17) is 0 Å². The summed E-state index contributed by atoms with van der Waals surface area (Å²) in [5.41, 5.74) is 18.4. The Morgan fingerprint density at radius 3 is 0.910 bits per heavy atom. The first-order valence-electron chi connectivity index (χ1n) is 31.1. The van der Waals surface area contributed by atoms with Crippen LogP contribution in [0.1, 0.15) is 173 Å². The lowest BCUT2D eigenvalue weighted by atomic mass is 9.85. The van der Waals surface area contributed by atoms with Crippen LogP contribution in [0, 0.1) is 44.6 Å². The molecule has 8 nitrogen and oxygen atoms in total. The first-order valence-corrected chi connectivity index (χ1v) is 31.1. The summed E-state index contributed by atoms with van der Waals surface area (Å²) in [6.45, 7) is 40.2. The van der Waals surface area contributed by atoms with Gasteiger partial charge in [-0.3, -0.25) is 0 Å². The van der Waals surface area contributed by atoms with Gasteiger partial charge in [0.15, 0.2) is 37.2 Å². The molecule has 0 amide bonds. The Hall–Kier alpha value is -7.86. The summed E-state index contributed by atoms with van der Waals surface area (Å²) in [6, 6.07) is 31.5. The van der Waals surface area contributed by atoms with Gasteiger partial charge in [-0.1, -0.05) is 117 Å². The maximum absolute atomic E-state index is 15.1. The van der Waals surface area contributed by atoms with Gasteiger partial charge in [0.2, 0.25) is 58.0 Å². The van der Waals surface area contributed by atoms with E-state index < -0.39 is 23.8 Å². The molecule has 0 fully saturated rings. The molecule has 8 aromatic heterocycles. The highest BCUT2D eigenvalue weighted by Gasteiger charge is 2.33. The summed E-state index contributed by atoms with van der Waals surface area (Å²) in [7, 11) is 11.7. The molecule has 0 saturated heterocycles. The molecule has 0 N–H and O–H groups in total. The van der Waals surface area contributed by atoms with Gasteiger partial charge in [-0.05, 0) is 117 Å². The van der Waals surface area contributed by atoms with Crippen LogP contribution < -0.4 is 27.4 Å². The Morgan fingerprint density at radius 2 is 0.618 bits per heavy atom. The van der Waals surface area contributed by atoms with Crippen molar-refractivity contribution in [2.45, 2.75) is 165 Å². The van der Waals surface area contributed by atoms with Crippen LogP contribution in [0.3, 0.4) is 0 Å². The highest BCUT2D eigenvalue weighted by atomic mass is 19.1. The summed E-state index contributed by atoms with van der Waals surface area (Å²) < 4.78 is 72.0. The van der Waals surface area contributed by atoms with Crippen LogP contribution in [-0.2, 0) is 63.9 Å². The quantitative estimate of drug-likeness (QED) is 0.0865. The molecule has 0 aliphatic carbocycles. The number of hydrogen-bond donors (Lipinski definition) is 0. The summed E-state index contributed by atoms with van der Waals surface area (Å²) in [5.74, 6) is -2.15. The monoisotopic (exact) mass is 1210 g/mol. The van der Waals surface area contributed by atoms with Crippen molar-refractivity contribution in [3.63, 3.8) is 0 Å². The minimum Gasteiger partial charge on any atom is -0.201 e. The minimum absolute atomic E-state index is 0.0291. The van der Waals surface area contributed by atoms with Gasteiger partial charge in [-0.25, -0.2) is 27.4 Å². The van der Waals surface area contributed by atoms with Gasteiger partial charge in [-0.15, -0.1) is 0 Å². The molecule has 12 heteroatoms. The van der Waals surface area contributed by atoms with Crippen molar-refractivity contribution in [2.75, 3.05) is 0 Å². The lowest BCUT2D eigenvalue weighted by Gasteiger charge is -2.20. The average molecular weight is 1210 g/mol. The van der Waals surface area contributed by atoms with E-state index >= 15 is 8.78 Å². The molecule has 9 rings (SSSR count). The molecular weight excluding hydrogens is 1110 g/mol. The van der Waals surface area contributed by atoms with Crippen LogP contribution in [0.5, 0.6) is 0 Å². The van der Waals surface area contributed by atoms with E-state index in [2.05, 4.69) is 206 Å². The van der Waals surface area contributed by atoms with Crippen LogP contribution in [-0.4, -0.2) is 9.97 Å². The number of hydrogen-bond acceptors (Lipinski definition) is 2. The van der Waals surface area contributed by atoms with Gasteiger partial charge in [0.1, 0.15) is 64.5 Å². The third-order valence-corrected chi connectivity index (χ3v) is 17.3. The van der Waals surface area contributed by atoms with Crippen LogP contribution >= 0.6 is 0 Å². The lowest BCUT2D eigenvalue weighted by Crippen LogP contribution is -2.35. The molecule has 0 spiro atoms. The van der Waals surface area contributed by atoms with Gasteiger partial charge < -0.3 is 0 Å². The van der Waals surface area contributed by atoms with E-state index in [1.54, 1.807) is 13.8 Å². The number of rotatable bonds is 8. The number of aromatic nitrogens is 8. The second-order valence-corrected chi connectivity index (χ2v) is 29.0. The van der Waals surface area contributed by atoms with E-state index in [0.29, 0.717) is 68.0 Å². The number of nitrogens with zero attached hydrogens (tertiary/aromatic N) is 8. The molecule has 1 aromatic carbocycles. The van der Waals surface area contributed by atoms with E-state index in [1.165, 1.54) is 39.2 Å². The standard InChI is InChI=1S/2C26H33F2N3.C25H32N2/c1-16-21(19-14-17(25(2,3)4)10-12-30(19)8)23(27)29-24(28)22(16)20-15-18(26(5,6)7)11-13-31(20)9;1-16-21(19-12-10-17(14-30(19)8)25(2,3)4)23(27)29-24(28)22(16)20-13-11-18(15-31(20)9)26(5,6)7;1-17(2)20-11-13-26(6)24(15-20)22-9-8-10-23(19(22)5)25-16-21(18(3)4)12-14-27(25)7/h2*10-15H,1-9H3;8-18H,1-7H3/q3*+2. The second kappa shape index (κ2) is 26.3. The molecule has 0 radical (unpaired) electrons. The van der Waals surface area contributed by atoms with Gasteiger partial charge in [-0.2, -0.15) is 27.5 Å². The van der Waals surface area contributed by atoms with Crippen LogP contribution in [0.4, 0.5) is 17.6 Å². The SMILES string of the molecule is Cc1c(-c2cc(C(C)(C)C)cc[n+]2C)c(F)nc(F)c1-c1cc(C(C)(C)C)cc[n+]1C.Cc1c(-c2cc(C(C)C)cc[n+]2C)cccc1-c1cc(C(C)C)cc[n+]1C.Cc1c(-c2ccc(C(C)(C)C)c[n+]2C)c(F)nc(F)c1-c1ccc(C(C)(C)C)c[n+]1C. The van der Waals surface area contributed by atoms with Crippen molar-refractivity contribution in [1.29, 1.82) is 0 Å². The summed E-state index contributed by atoms with van der Waals surface area (Å²) >= 11 is 0. The van der Waals surface area contributed by atoms with Crippen LogP contribution in [0.15, 0.2) is 128 Å². The molecule has 0 aliphatic rings. The number of benzene rings is 1. The fourth-order valence-electron chi connectivity index (χ4n) is 11.3. The van der Waals surface area contributed by atoms with Gasteiger partial charge in [0.05, 0.1) is 0 Å². The average Bonchev–Trinajstić information content (AvgIpc) is 0.862. The fourth-order valence-corrected chi connectivity index (χ4v) is 11.3. The summed E-state index contributed by atoms with van der Waals surface area (Å²) in [6.07, 6.45) is 12.2. The van der Waals surface area contributed by atoms with Crippen molar-refractivity contribution >= 4 is 0 Å². The number of halogens is 4. The normalized spacial score (nSPS) is 12.1. The first-order chi connectivity index (χ1) is 41.2. The highest BCUT2D eigenvalue weighted by molar-refractivity contribution is 5.76. The molecule has 0 atom stereocenters. The van der Waals surface area contributed by atoms with Crippen molar-refractivity contribution in [1.82, 2.24) is 9.97 Å². The van der Waals surface area contributed by atoms with Crippen molar-refractivity contribution in [3.8, 4) is 67.5 Å². The highest BCUT2D eigenvalue weighted by Crippen LogP contribution is 2.38. The molecule has 468 valence electrons. The van der Waals surface area contributed by atoms with E-state index in [1.807, 2.05) is 120 Å². The predicted octanol–water partition coefficient (Wildman–Crippen LogP) is 15.7. The molecule has 89 heavy (non-hydrogen) atoms. The molecule has 0 aliphatic heterocycles. The molecule has 0 unspecified atom stereocenters. The Morgan fingerprint density at radius 1 is 0.326 bits per heavy atom.